The van der Waals surface area contributed by atoms with Gasteiger partial charge < -0.3 is 29.9 Å². The number of anilines is 3. The summed E-state index contributed by atoms with van der Waals surface area (Å²) in [6.45, 7) is 14.0. The van der Waals surface area contributed by atoms with Crippen LogP contribution in [0.2, 0.25) is 0 Å². The lowest BCUT2D eigenvalue weighted by atomic mass is 9.97. The number of fused-ring (bicyclic) bond motifs is 1. The van der Waals surface area contributed by atoms with Crippen LogP contribution < -0.4 is 31.1 Å². The third-order valence-corrected chi connectivity index (χ3v) is 11.6. The van der Waals surface area contributed by atoms with Crippen LogP contribution in [0.3, 0.4) is 0 Å². The lowest BCUT2D eigenvalue weighted by molar-refractivity contribution is 0.0550. The molecule has 0 spiro atoms. The zero-order valence-corrected chi connectivity index (χ0v) is 36.2. The molecule has 3 aromatic heterocycles. The van der Waals surface area contributed by atoms with Crippen molar-refractivity contribution in [2.24, 2.45) is 10.9 Å². The molecule has 2 amide bonds. The number of carbonyl (C=O) groups excluding carboxylic acids is 2. The van der Waals surface area contributed by atoms with Crippen LogP contribution >= 0.6 is 18.5 Å². The van der Waals surface area contributed by atoms with Crippen LogP contribution in [0.15, 0.2) is 53.9 Å². The molecule has 4 fully saturated rings. The molecule has 8 rings (SSSR count). The Balaban J connectivity index is 0.000000189. The molecule has 7 heterocycles. The first kappa shape index (κ1) is 44.2. The number of aromatic nitrogens is 4. The number of aryl methyl sites for hydroxylation is 1. The van der Waals surface area contributed by atoms with Crippen molar-refractivity contribution in [2.45, 2.75) is 69.6 Å². The van der Waals surface area contributed by atoms with E-state index in [1.807, 2.05) is 33.2 Å². The van der Waals surface area contributed by atoms with E-state index in [1.54, 1.807) is 16.2 Å². The molecule has 0 bridgehead atoms. The van der Waals surface area contributed by atoms with Gasteiger partial charge in [0.25, 0.3) is 5.66 Å². The number of cyclic esters (lactones) is 2. The Labute approximate surface area is 355 Å². The molecule has 0 radical (unpaired) electrons. The summed E-state index contributed by atoms with van der Waals surface area (Å²) in [5.41, 5.74) is -0.133. The second-order valence-electron chi connectivity index (χ2n) is 15.4. The molecule has 3 aromatic rings. The highest BCUT2D eigenvalue weighted by Crippen LogP contribution is 2.41. The average molecular weight is 886 g/mol. The molecule has 0 aromatic carbocycles. The molecule has 5 aliphatic rings. The highest BCUT2D eigenvalue weighted by molar-refractivity contribution is 7.17. The molecule has 4 aliphatic heterocycles. The monoisotopic (exact) mass is 885 g/mol. The minimum atomic E-state index is -3.20. The summed E-state index contributed by atoms with van der Waals surface area (Å²) in [4.78, 5) is 49.8. The normalized spacial score (nSPS) is 24.2. The fourth-order valence-corrected chi connectivity index (χ4v) is 8.17. The van der Waals surface area contributed by atoms with Crippen molar-refractivity contribution in [2.75, 3.05) is 60.9 Å². The van der Waals surface area contributed by atoms with Gasteiger partial charge in [0.05, 0.1) is 17.0 Å². The van der Waals surface area contributed by atoms with Gasteiger partial charge >= 0.3 is 12.2 Å². The lowest BCUT2D eigenvalue weighted by Crippen LogP contribution is -2.52. The third-order valence-electron chi connectivity index (χ3n) is 10.9. The molecular formula is C40H49F4N11O4P2. The Morgan fingerprint density at radius 1 is 0.984 bits per heavy atom. The fourth-order valence-electron chi connectivity index (χ4n) is 7.73. The molecule has 7 unspecified atom stereocenters. The molecule has 1 saturated carbocycles. The number of halogens is 4. The molecule has 61 heavy (non-hydrogen) atoms. The van der Waals surface area contributed by atoms with Gasteiger partial charge in [0, 0.05) is 69.2 Å². The Bertz CT molecular complexity index is 2220. The summed E-state index contributed by atoms with van der Waals surface area (Å²) in [5, 5.41) is 11.8. The third kappa shape index (κ3) is 10.3. The van der Waals surface area contributed by atoms with Gasteiger partial charge in [0.15, 0.2) is 18.1 Å². The molecular weight excluding hydrogens is 836 g/mol. The predicted octanol–water partition coefficient (Wildman–Crippen LogP) is 6.01. The van der Waals surface area contributed by atoms with Gasteiger partial charge in [-0.25, -0.2) is 43.3 Å². The van der Waals surface area contributed by atoms with Gasteiger partial charge in [0.1, 0.15) is 41.5 Å². The van der Waals surface area contributed by atoms with E-state index in [2.05, 4.69) is 52.7 Å². The highest BCUT2D eigenvalue weighted by Gasteiger charge is 2.39. The van der Waals surface area contributed by atoms with Crippen molar-refractivity contribution in [1.29, 1.82) is 0 Å². The van der Waals surface area contributed by atoms with Gasteiger partial charge in [0.2, 0.25) is 0 Å². The first-order valence-corrected chi connectivity index (χ1v) is 21.2. The summed E-state index contributed by atoms with van der Waals surface area (Å²) in [7, 11) is 3.51. The van der Waals surface area contributed by atoms with E-state index in [-0.39, 0.29) is 28.5 Å². The maximum Gasteiger partial charge on any atom is 0.413 e. The number of hydrogen-bond donors (Lipinski definition) is 4. The van der Waals surface area contributed by atoms with Crippen molar-refractivity contribution in [3.05, 3.63) is 71.3 Å². The number of aliphatic imine (C=N–C) groups is 1. The predicted molar refractivity (Wildman–Crippen MR) is 231 cm³/mol. The molecule has 326 valence electrons. The summed E-state index contributed by atoms with van der Waals surface area (Å²) < 4.78 is 67.9. The number of ether oxygens (including phenoxy) is 2. The van der Waals surface area contributed by atoms with Crippen LogP contribution in [0.1, 0.15) is 55.2 Å². The number of amidine groups is 1. The Hall–Kier alpha value is -4.83. The van der Waals surface area contributed by atoms with Crippen molar-refractivity contribution in [3.8, 4) is 11.4 Å². The van der Waals surface area contributed by atoms with Gasteiger partial charge in [-0.1, -0.05) is 25.1 Å². The number of pyridine rings is 2. The van der Waals surface area contributed by atoms with Crippen LogP contribution in [-0.4, -0.2) is 108 Å². The number of alkyl halides is 4. The average Bonchev–Trinajstić information content (AvgIpc) is 4.09. The van der Waals surface area contributed by atoms with Crippen LogP contribution in [0, 0.1) is 12.8 Å². The number of hydrogen-bond acceptors (Lipinski definition) is 13. The van der Waals surface area contributed by atoms with E-state index < -0.39 is 42.1 Å². The second kappa shape index (κ2) is 18.6. The van der Waals surface area contributed by atoms with Gasteiger partial charge in [-0.3, -0.25) is 10.6 Å². The number of carbonyl (C=O) groups is 2. The first-order chi connectivity index (χ1) is 29.1. The topological polar surface area (TPSA) is 171 Å². The van der Waals surface area contributed by atoms with Crippen molar-refractivity contribution in [1.82, 2.24) is 35.9 Å². The van der Waals surface area contributed by atoms with Gasteiger partial charge in [-0.2, -0.15) is 8.78 Å². The summed E-state index contributed by atoms with van der Waals surface area (Å²) in [6, 6.07) is 6.88. The minimum absolute atomic E-state index is 0.0428. The maximum absolute atomic E-state index is 14.5. The van der Waals surface area contributed by atoms with Crippen LogP contribution in [-0.2, 0) is 15.1 Å². The van der Waals surface area contributed by atoms with E-state index in [0.717, 1.165) is 56.9 Å². The number of allylic oxidation sites excluding steroid dienone is 1. The smallest absolute Gasteiger partial charge is 0.413 e. The van der Waals surface area contributed by atoms with Gasteiger partial charge in [-0.05, 0) is 74.9 Å². The minimum Gasteiger partial charge on any atom is -0.438 e. The first-order valence-electron chi connectivity index (χ1n) is 20.0. The van der Waals surface area contributed by atoms with E-state index in [0.29, 0.717) is 53.4 Å². The molecule has 4 N–H and O–H groups in total. The molecule has 3 saturated heterocycles. The van der Waals surface area contributed by atoms with Crippen molar-refractivity contribution < 1.29 is 36.6 Å². The van der Waals surface area contributed by atoms with E-state index in [9.17, 15) is 27.2 Å². The maximum atomic E-state index is 14.5. The van der Waals surface area contributed by atoms with E-state index in [1.165, 1.54) is 31.6 Å². The zero-order chi connectivity index (χ0) is 43.6. The lowest BCUT2D eigenvalue weighted by Gasteiger charge is -2.35. The van der Waals surface area contributed by atoms with E-state index >= 15 is 0 Å². The van der Waals surface area contributed by atoms with Crippen LogP contribution in [0.4, 0.5) is 44.6 Å². The van der Waals surface area contributed by atoms with Crippen molar-refractivity contribution in [3.63, 3.8) is 0 Å². The number of amides is 2. The summed E-state index contributed by atoms with van der Waals surface area (Å²) >= 11 is 0. The van der Waals surface area contributed by atoms with E-state index in [4.69, 9.17) is 14.5 Å². The quantitative estimate of drug-likeness (QED) is 0.146. The number of piperazine rings is 2. The number of rotatable bonds is 9. The Morgan fingerprint density at radius 3 is 2.34 bits per heavy atom. The molecule has 7 atom stereocenters. The zero-order valence-electron chi connectivity index (χ0n) is 33.9. The van der Waals surface area contributed by atoms with Crippen LogP contribution in [0.5, 0.6) is 0 Å². The highest BCUT2D eigenvalue weighted by atomic mass is 31.0. The largest absolute Gasteiger partial charge is 0.438 e. The molecule has 15 nitrogen and oxygen atoms in total. The molecule has 21 heteroatoms. The van der Waals surface area contributed by atoms with Crippen molar-refractivity contribution >= 4 is 59.5 Å². The van der Waals surface area contributed by atoms with Gasteiger partial charge in [-0.15, -0.1) is 0 Å². The summed E-state index contributed by atoms with van der Waals surface area (Å²) in [6.07, 6.45) is -0.499. The fraction of sp³-hybridized carbons (Fsp3) is 0.475. The number of alkyl carbamates (subject to hydrolysis) is 1. The standard InChI is InChI=1S/C22H28F3N5O2P2.C18H21FN6O2/c1-3-26-20-17(18(19(23)33)32-21(31)29-20)11(2)14-8-13(22(24,25)34)9-16(28-14)30-7-6-27-15(10-30)12-4-5-12;1-10-7-12(23-13(8-10)25-5-3-20-4-6-25)15-14-16(11(2)19)27-18(26)24-17(14)22-9-21-15/h3,8-9,12,15,18-19,27H,1,4-7,10,33-34H2,2H3,(H,26,29,31);7-9,11,16,20H,3-6H2,1-2H3,(H,21,22,24,26)/b17-11+;. The number of nitrogens with one attached hydrogen (secondary N) is 4. The summed E-state index contributed by atoms with van der Waals surface area (Å²) in [5.74, 6) is 0.527. The number of nitrogens with zero attached hydrogens (tertiary/aromatic N) is 7. The van der Waals surface area contributed by atoms with Crippen LogP contribution in [0.25, 0.3) is 17.0 Å². The Kier molecular flexibility index (Phi) is 13.5. The Morgan fingerprint density at radius 2 is 1.67 bits per heavy atom. The SMILES string of the molecule is C=CN=C1NC(=O)OC(C(F)P)/C1=C(/C)c1cc(C(F)(F)P)cc(N2CCNC(C3CC3)C2)n1.Cc1cc(-c2ncnc3c2C(C(C)F)OC(=O)N3)nc(N2CCNCC2)c1. The molecule has 1 aliphatic carbocycles. The second-order valence-corrected chi connectivity index (χ2v) is 16.8.